The maximum Gasteiger partial charge on any atom is 0.336 e. The normalized spacial score (nSPS) is 28.7. The molecule has 0 saturated carbocycles. The second-order valence-electron chi connectivity index (χ2n) is 2.23. The fraction of sp³-hybridized carbons (Fsp3) is 0.571. The Bertz CT molecular complexity index is 210. The first-order valence-electron chi connectivity index (χ1n) is 3.35. The highest BCUT2D eigenvalue weighted by atomic mass is 16.8. The van der Waals surface area contributed by atoms with Crippen LogP contribution in [-0.2, 0) is 19.0 Å². The van der Waals surface area contributed by atoms with Crippen LogP contribution in [0, 0.1) is 0 Å². The maximum absolute atomic E-state index is 10.5. The molecule has 1 aliphatic rings. The van der Waals surface area contributed by atoms with Crippen molar-refractivity contribution in [1.29, 1.82) is 0 Å². The van der Waals surface area contributed by atoms with Gasteiger partial charge in [0.2, 0.25) is 0 Å². The first kappa shape index (κ1) is 9.18. The Morgan fingerprint density at radius 3 is 2.58 bits per heavy atom. The van der Waals surface area contributed by atoms with E-state index in [-0.39, 0.29) is 5.57 Å². The van der Waals surface area contributed by atoms with Crippen molar-refractivity contribution >= 4 is 5.97 Å². The van der Waals surface area contributed by atoms with E-state index in [9.17, 15) is 4.79 Å². The third-order valence-electron chi connectivity index (χ3n) is 1.52. The molecule has 0 radical (unpaired) electrons. The Morgan fingerprint density at radius 2 is 2.25 bits per heavy atom. The van der Waals surface area contributed by atoms with Crippen molar-refractivity contribution in [2.45, 2.75) is 12.6 Å². The summed E-state index contributed by atoms with van der Waals surface area (Å²) in [6, 6.07) is 0. The van der Waals surface area contributed by atoms with Crippen LogP contribution < -0.4 is 0 Å². The van der Waals surface area contributed by atoms with Crippen LogP contribution >= 0.6 is 0 Å². The van der Waals surface area contributed by atoms with Gasteiger partial charge in [-0.3, -0.25) is 0 Å². The molecule has 1 heterocycles. The molecule has 1 aliphatic heterocycles. The molecule has 0 saturated heterocycles. The lowest BCUT2D eigenvalue weighted by atomic mass is 10.3. The highest BCUT2D eigenvalue weighted by Gasteiger charge is 2.31. The zero-order valence-electron chi connectivity index (χ0n) is 6.81. The van der Waals surface area contributed by atoms with E-state index in [0.717, 1.165) is 0 Å². The van der Waals surface area contributed by atoms with E-state index in [1.807, 2.05) is 0 Å². The van der Waals surface area contributed by atoms with Crippen molar-refractivity contribution in [1.82, 2.24) is 0 Å². The van der Waals surface area contributed by atoms with Crippen LogP contribution in [0.3, 0.4) is 0 Å². The molecule has 0 aromatic carbocycles. The summed E-state index contributed by atoms with van der Waals surface area (Å²) >= 11 is 0. The van der Waals surface area contributed by atoms with Gasteiger partial charge in [0, 0.05) is 14.2 Å². The topological polar surface area (TPSA) is 65.0 Å². The fourth-order valence-corrected chi connectivity index (χ4v) is 0.938. The molecular formula is C7H10O5. The van der Waals surface area contributed by atoms with Crippen molar-refractivity contribution in [3.8, 4) is 0 Å². The van der Waals surface area contributed by atoms with Gasteiger partial charge in [0.1, 0.15) is 0 Å². The van der Waals surface area contributed by atoms with Crippen molar-refractivity contribution < 1.29 is 24.1 Å². The number of hydrogen-bond acceptors (Lipinski definition) is 4. The number of methoxy groups -OCH3 is 2. The number of ether oxygens (including phenoxy) is 3. The standard InChI is InChI=1S/C7H10O5/c1-10-5-3-4(6(8)9)7(11-2)12-5/h3,5,7H,1-2H3,(H,8,9). The summed E-state index contributed by atoms with van der Waals surface area (Å²) in [5.41, 5.74) is 0.0735. The number of carboxylic acid groups (broad SMARTS) is 1. The minimum absolute atomic E-state index is 0.0735. The Labute approximate surface area is 69.5 Å². The summed E-state index contributed by atoms with van der Waals surface area (Å²) in [5, 5.41) is 8.64. The van der Waals surface area contributed by atoms with E-state index < -0.39 is 18.5 Å². The number of carboxylic acids is 1. The van der Waals surface area contributed by atoms with Gasteiger partial charge in [-0.1, -0.05) is 0 Å². The fourth-order valence-electron chi connectivity index (χ4n) is 0.938. The monoisotopic (exact) mass is 174 g/mol. The number of rotatable bonds is 3. The van der Waals surface area contributed by atoms with Crippen LogP contribution in [0.4, 0.5) is 0 Å². The third kappa shape index (κ3) is 1.63. The second-order valence-corrected chi connectivity index (χ2v) is 2.23. The molecule has 0 aliphatic carbocycles. The van der Waals surface area contributed by atoms with Crippen LogP contribution in [0.1, 0.15) is 0 Å². The Balaban J connectivity index is 2.72. The van der Waals surface area contributed by atoms with E-state index in [1.165, 1.54) is 20.3 Å². The van der Waals surface area contributed by atoms with Gasteiger partial charge >= 0.3 is 5.97 Å². The molecule has 2 unspecified atom stereocenters. The van der Waals surface area contributed by atoms with Gasteiger partial charge in [-0.05, 0) is 6.08 Å². The lowest BCUT2D eigenvalue weighted by molar-refractivity contribution is -0.179. The molecule has 68 valence electrons. The van der Waals surface area contributed by atoms with Gasteiger partial charge in [-0.15, -0.1) is 0 Å². The van der Waals surface area contributed by atoms with Gasteiger partial charge in [0.25, 0.3) is 0 Å². The summed E-state index contributed by atoms with van der Waals surface area (Å²) in [6.45, 7) is 0. The van der Waals surface area contributed by atoms with Crippen LogP contribution in [-0.4, -0.2) is 37.9 Å². The van der Waals surface area contributed by atoms with E-state index in [2.05, 4.69) is 0 Å². The Hall–Kier alpha value is -0.910. The summed E-state index contributed by atoms with van der Waals surface area (Å²) < 4.78 is 14.6. The van der Waals surface area contributed by atoms with E-state index >= 15 is 0 Å². The van der Waals surface area contributed by atoms with Gasteiger partial charge in [-0.2, -0.15) is 0 Å². The number of hydrogen-bond donors (Lipinski definition) is 1. The summed E-state index contributed by atoms with van der Waals surface area (Å²) in [7, 11) is 2.80. The minimum Gasteiger partial charge on any atom is -0.478 e. The van der Waals surface area contributed by atoms with E-state index in [1.54, 1.807) is 0 Å². The molecule has 0 fully saturated rings. The predicted octanol–water partition coefficient (Wildman–Crippen LogP) is -0.0274. The van der Waals surface area contributed by atoms with Crippen LogP contribution in [0.2, 0.25) is 0 Å². The zero-order valence-corrected chi connectivity index (χ0v) is 6.81. The van der Waals surface area contributed by atoms with E-state index in [4.69, 9.17) is 19.3 Å². The minimum atomic E-state index is -1.05. The first-order valence-corrected chi connectivity index (χ1v) is 3.35. The summed E-state index contributed by atoms with van der Waals surface area (Å²) in [6.07, 6.45) is -0.0789. The molecule has 2 atom stereocenters. The lowest BCUT2D eigenvalue weighted by Crippen LogP contribution is -2.20. The molecular weight excluding hydrogens is 164 g/mol. The van der Waals surface area contributed by atoms with Crippen molar-refractivity contribution in [2.24, 2.45) is 0 Å². The first-order chi connectivity index (χ1) is 5.69. The van der Waals surface area contributed by atoms with Crippen molar-refractivity contribution in [3.63, 3.8) is 0 Å². The van der Waals surface area contributed by atoms with Gasteiger partial charge < -0.3 is 19.3 Å². The van der Waals surface area contributed by atoms with Gasteiger partial charge in [0.05, 0.1) is 5.57 Å². The quantitative estimate of drug-likeness (QED) is 0.651. The second kappa shape index (κ2) is 3.66. The van der Waals surface area contributed by atoms with Gasteiger partial charge in [0.15, 0.2) is 12.6 Å². The SMILES string of the molecule is COC1C=C(C(=O)O)C(OC)O1. The van der Waals surface area contributed by atoms with Crippen LogP contribution in [0.5, 0.6) is 0 Å². The molecule has 1 rings (SSSR count). The number of carbonyl (C=O) groups is 1. The molecule has 5 heteroatoms. The molecule has 0 amide bonds. The maximum atomic E-state index is 10.5. The third-order valence-corrected chi connectivity index (χ3v) is 1.52. The molecule has 1 N–H and O–H groups in total. The molecule has 12 heavy (non-hydrogen) atoms. The predicted molar refractivity (Wildman–Crippen MR) is 38.4 cm³/mol. The Morgan fingerprint density at radius 1 is 1.58 bits per heavy atom. The molecule has 0 aromatic rings. The highest BCUT2D eigenvalue weighted by molar-refractivity contribution is 5.87. The smallest absolute Gasteiger partial charge is 0.336 e. The van der Waals surface area contributed by atoms with E-state index in [0.29, 0.717) is 0 Å². The molecule has 0 spiro atoms. The van der Waals surface area contributed by atoms with Gasteiger partial charge in [-0.25, -0.2) is 4.79 Å². The average molecular weight is 174 g/mol. The molecule has 5 nitrogen and oxygen atoms in total. The largest absolute Gasteiger partial charge is 0.478 e. The van der Waals surface area contributed by atoms with Crippen LogP contribution in [0.25, 0.3) is 0 Å². The Kier molecular flexibility index (Phi) is 2.80. The summed E-state index contributed by atoms with van der Waals surface area (Å²) in [4.78, 5) is 10.5. The average Bonchev–Trinajstić information content (AvgIpc) is 2.47. The van der Waals surface area contributed by atoms with Crippen molar-refractivity contribution in [3.05, 3.63) is 11.6 Å². The van der Waals surface area contributed by atoms with Crippen LogP contribution in [0.15, 0.2) is 11.6 Å². The molecule has 0 aromatic heterocycles. The zero-order chi connectivity index (χ0) is 9.14. The lowest BCUT2D eigenvalue weighted by Gasteiger charge is -2.11. The number of aliphatic carboxylic acids is 1. The summed E-state index contributed by atoms with van der Waals surface area (Å²) in [5.74, 6) is -1.05. The highest BCUT2D eigenvalue weighted by Crippen LogP contribution is 2.20. The molecule has 0 bridgehead atoms. The van der Waals surface area contributed by atoms with Crippen molar-refractivity contribution in [2.75, 3.05) is 14.2 Å².